The summed E-state index contributed by atoms with van der Waals surface area (Å²) in [6, 6.07) is 0. The lowest BCUT2D eigenvalue weighted by Gasteiger charge is -2.04. The van der Waals surface area contributed by atoms with Crippen LogP contribution in [0.15, 0.2) is 72.9 Å². The van der Waals surface area contributed by atoms with E-state index in [0.717, 1.165) is 22.3 Å². The van der Waals surface area contributed by atoms with Crippen LogP contribution >= 0.6 is 0 Å². The first-order chi connectivity index (χ1) is 7.34. The molecule has 0 heteroatoms. The van der Waals surface area contributed by atoms with Crippen LogP contribution in [0.1, 0.15) is 20.8 Å². The minimum absolute atomic E-state index is 0.461. The average Bonchev–Trinajstić information content (AvgIpc) is 2.21. The standard InChI is InChI=1S/C16H22/c1-12(2)8-9-15(6)16(7)11-10-14(5)13(3)4/h8-11,13H,1,5-7H2,2-4H3/b9-8-,11-10-. The Kier molecular flexibility index (Phi) is 6.17. The predicted octanol–water partition coefficient (Wildman–Crippen LogP) is 5.00. The van der Waals surface area contributed by atoms with Crippen LogP contribution in [0.2, 0.25) is 0 Å². The molecule has 0 aromatic rings. The molecule has 0 radical (unpaired) electrons. The van der Waals surface area contributed by atoms with Gasteiger partial charge in [-0.15, -0.1) is 0 Å². The van der Waals surface area contributed by atoms with Gasteiger partial charge in [-0.3, -0.25) is 0 Å². The van der Waals surface area contributed by atoms with E-state index in [4.69, 9.17) is 0 Å². The lowest BCUT2D eigenvalue weighted by molar-refractivity contribution is 0.795. The van der Waals surface area contributed by atoms with Crippen LogP contribution in [0, 0.1) is 5.92 Å². The first kappa shape index (κ1) is 14.4. The van der Waals surface area contributed by atoms with Crippen molar-refractivity contribution in [3.63, 3.8) is 0 Å². The summed E-state index contributed by atoms with van der Waals surface area (Å²) < 4.78 is 0. The van der Waals surface area contributed by atoms with Crippen LogP contribution in [0.3, 0.4) is 0 Å². The maximum Gasteiger partial charge on any atom is -0.0225 e. The SMILES string of the molecule is C=C(C)/C=C\C(=C)C(=C)/C=C\C(=C)C(C)C. The fourth-order valence-electron chi connectivity index (χ4n) is 0.857. The molecule has 0 aromatic carbocycles. The van der Waals surface area contributed by atoms with E-state index in [0.29, 0.717) is 5.92 Å². The lowest BCUT2D eigenvalue weighted by atomic mass is 10.0. The van der Waals surface area contributed by atoms with Crippen molar-refractivity contribution in [2.45, 2.75) is 20.8 Å². The van der Waals surface area contributed by atoms with E-state index in [1.807, 2.05) is 31.2 Å². The topological polar surface area (TPSA) is 0 Å². The van der Waals surface area contributed by atoms with Gasteiger partial charge < -0.3 is 0 Å². The highest BCUT2D eigenvalue weighted by molar-refractivity contribution is 5.45. The highest BCUT2D eigenvalue weighted by Gasteiger charge is 1.96. The Labute approximate surface area is 100 Å². The van der Waals surface area contributed by atoms with E-state index in [1.54, 1.807) is 0 Å². The van der Waals surface area contributed by atoms with Gasteiger partial charge in [0.15, 0.2) is 0 Å². The Balaban J connectivity index is 4.43. The molecule has 0 fully saturated rings. The summed E-state index contributed by atoms with van der Waals surface area (Å²) in [5.41, 5.74) is 3.90. The van der Waals surface area contributed by atoms with Crippen LogP contribution in [-0.4, -0.2) is 0 Å². The van der Waals surface area contributed by atoms with Crippen molar-refractivity contribution >= 4 is 0 Å². The number of allylic oxidation sites excluding steroid dienone is 8. The van der Waals surface area contributed by atoms with E-state index in [2.05, 4.69) is 40.2 Å². The van der Waals surface area contributed by atoms with E-state index >= 15 is 0 Å². The van der Waals surface area contributed by atoms with E-state index in [-0.39, 0.29) is 0 Å². The van der Waals surface area contributed by atoms with Crippen molar-refractivity contribution in [2.75, 3.05) is 0 Å². The van der Waals surface area contributed by atoms with Crippen molar-refractivity contribution < 1.29 is 0 Å². The summed E-state index contributed by atoms with van der Waals surface area (Å²) in [4.78, 5) is 0. The highest BCUT2D eigenvalue weighted by atomic mass is 14.0. The summed E-state index contributed by atoms with van der Waals surface area (Å²) in [7, 11) is 0. The van der Waals surface area contributed by atoms with Gasteiger partial charge in [0.05, 0.1) is 0 Å². The molecule has 0 atom stereocenters. The molecule has 86 valence electrons. The van der Waals surface area contributed by atoms with Gasteiger partial charge in [-0.2, -0.15) is 0 Å². The molecule has 0 amide bonds. The Morgan fingerprint density at radius 1 is 0.812 bits per heavy atom. The molecule has 0 rings (SSSR count). The zero-order chi connectivity index (χ0) is 12.7. The molecule has 0 heterocycles. The Hall–Kier alpha value is -1.56. The van der Waals surface area contributed by atoms with Crippen LogP contribution in [0.4, 0.5) is 0 Å². The molecular weight excluding hydrogens is 192 g/mol. The first-order valence-electron chi connectivity index (χ1n) is 5.43. The maximum atomic E-state index is 3.97. The molecular formula is C16H22. The van der Waals surface area contributed by atoms with Crippen LogP contribution < -0.4 is 0 Å². The van der Waals surface area contributed by atoms with Gasteiger partial charge in [-0.1, -0.05) is 75.6 Å². The summed E-state index contributed by atoms with van der Waals surface area (Å²) >= 11 is 0. The third-order valence-corrected chi connectivity index (χ3v) is 2.22. The van der Waals surface area contributed by atoms with Gasteiger partial charge in [-0.05, 0) is 24.0 Å². The Morgan fingerprint density at radius 2 is 1.25 bits per heavy atom. The van der Waals surface area contributed by atoms with Crippen LogP contribution in [0.25, 0.3) is 0 Å². The summed E-state index contributed by atoms with van der Waals surface area (Å²) in [6.45, 7) is 21.8. The summed E-state index contributed by atoms with van der Waals surface area (Å²) in [6.07, 6.45) is 7.80. The molecule has 0 aliphatic carbocycles. The molecule has 0 spiro atoms. The second-order valence-electron chi connectivity index (χ2n) is 4.29. The van der Waals surface area contributed by atoms with Gasteiger partial charge in [0.2, 0.25) is 0 Å². The zero-order valence-corrected chi connectivity index (χ0v) is 10.7. The minimum Gasteiger partial charge on any atom is -0.0961 e. The zero-order valence-electron chi connectivity index (χ0n) is 10.7. The predicted molar refractivity (Wildman–Crippen MR) is 75.4 cm³/mol. The van der Waals surface area contributed by atoms with E-state index in [9.17, 15) is 0 Å². The van der Waals surface area contributed by atoms with Crippen LogP contribution in [-0.2, 0) is 0 Å². The van der Waals surface area contributed by atoms with Gasteiger partial charge >= 0.3 is 0 Å². The number of hydrogen-bond donors (Lipinski definition) is 0. The van der Waals surface area contributed by atoms with Crippen LogP contribution in [0.5, 0.6) is 0 Å². The largest absolute Gasteiger partial charge is 0.0961 e. The molecule has 0 saturated heterocycles. The maximum absolute atomic E-state index is 3.97. The third kappa shape index (κ3) is 6.02. The monoisotopic (exact) mass is 214 g/mol. The average molecular weight is 214 g/mol. The van der Waals surface area contributed by atoms with Crippen molar-refractivity contribution in [1.82, 2.24) is 0 Å². The highest BCUT2D eigenvalue weighted by Crippen LogP contribution is 2.13. The molecule has 0 N–H and O–H groups in total. The van der Waals surface area contributed by atoms with Gasteiger partial charge in [0.25, 0.3) is 0 Å². The van der Waals surface area contributed by atoms with Crippen molar-refractivity contribution in [2.24, 2.45) is 5.92 Å². The summed E-state index contributed by atoms with van der Waals surface area (Å²) in [5, 5.41) is 0. The normalized spacial score (nSPS) is 11.2. The van der Waals surface area contributed by atoms with Gasteiger partial charge in [-0.25, -0.2) is 0 Å². The van der Waals surface area contributed by atoms with Crippen molar-refractivity contribution in [3.05, 3.63) is 72.9 Å². The van der Waals surface area contributed by atoms with Crippen molar-refractivity contribution in [3.8, 4) is 0 Å². The van der Waals surface area contributed by atoms with Crippen molar-refractivity contribution in [1.29, 1.82) is 0 Å². The molecule has 16 heavy (non-hydrogen) atoms. The van der Waals surface area contributed by atoms with Gasteiger partial charge in [0, 0.05) is 0 Å². The fraction of sp³-hybridized carbons (Fsp3) is 0.250. The Morgan fingerprint density at radius 3 is 1.62 bits per heavy atom. The van der Waals surface area contributed by atoms with E-state index < -0.39 is 0 Å². The second-order valence-corrected chi connectivity index (χ2v) is 4.29. The number of rotatable bonds is 6. The molecule has 0 aliphatic heterocycles. The Bertz CT molecular complexity index is 359. The molecule has 0 bridgehead atoms. The fourth-order valence-corrected chi connectivity index (χ4v) is 0.857. The second kappa shape index (κ2) is 6.84. The van der Waals surface area contributed by atoms with Gasteiger partial charge in [0.1, 0.15) is 0 Å². The smallest absolute Gasteiger partial charge is 0.0225 e. The lowest BCUT2D eigenvalue weighted by Crippen LogP contribution is -1.88. The van der Waals surface area contributed by atoms with E-state index in [1.165, 1.54) is 0 Å². The molecule has 0 unspecified atom stereocenters. The third-order valence-electron chi connectivity index (χ3n) is 2.22. The molecule has 0 nitrogen and oxygen atoms in total. The summed E-state index contributed by atoms with van der Waals surface area (Å²) in [5.74, 6) is 0.461. The molecule has 0 saturated carbocycles. The number of hydrogen-bond acceptors (Lipinski definition) is 0. The quantitative estimate of drug-likeness (QED) is 0.546. The molecule has 0 aromatic heterocycles. The minimum atomic E-state index is 0.461. The first-order valence-corrected chi connectivity index (χ1v) is 5.43. The molecule has 0 aliphatic rings.